The van der Waals surface area contributed by atoms with Gasteiger partial charge in [-0.05, 0) is 76.4 Å². The summed E-state index contributed by atoms with van der Waals surface area (Å²) < 4.78 is 11.4. The van der Waals surface area contributed by atoms with Crippen LogP contribution < -0.4 is 21.3 Å². The third-order valence-electron chi connectivity index (χ3n) is 10.8. The zero-order valence-corrected chi connectivity index (χ0v) is 34.5. The summed E-state index contributed by atoms with van der Waals surface area (Å²) in [6.45, 7) is 6.60. The first kappa shape index (κ1) is 44.5. The van der Waals surface area contributed by atoms with Gasteiger partial charge >= 0.3 is 12.1 Å². The second-order valence-corrected chi connectivity index (χ2v) is 15.2. The number of amides is 4. The fraction of sp³-hybridized carbons (Fsp3) is 0.260. The molecule has 0 unspecified atom stereocenters. The lowest BCUT2D eigenvalue weighted by molar-refractivity contribution is -0.148. The highest BCUT2D eigenvalue weighted by Gasteiger charge is 2.32. The molecule has 320 valence electrons. The van der Waals surface area contributed by atoms with Crippen LogP contribution in [0, 0.1) is 5.92 Å². The van der Waals surface area contributed by atoms with Crippen molar-refractivity contribution in [2.45, 2.75) is 56.1 Å². The summed E-state index contributed by atoms with van der Waals surface area (Å²) in [7, 11) is 0. The predicted octanol–water partition coefficient (Wildman–Crippen LogP) is 6.98. The van der Waals surface area contributed by atoms with E-state index in [0.29, 0.717) is 18.5 Å². The van der Waals surface area contributed by atoms with Crippen LogP contribution in [0.15, 0.2) is 147 Å². The lowest BCUT2D eigenvalue weighted by Gasteiger charge is -2.24. The van der Waals surface area contributed by atoms with Crippen LogP contribution in [0.25, 0.3) is 21.9 Å². The van der Waals surface area contributed by atoms with Gasteiger partial charge in [-0.15, -0.1) is 13.2 Å². The van der Waals surface area contributed by atoms with Crippen molar-refractivity contribution in [3.63, 3.8) is 0 Å². The number of carbonyl (C=O) groups excluding carboxylic acids is 5. The zero-order valence-electron chi connectivity index (χ0n) is 34.5. The van der Waals surface area contributed by atoms with Crippen LogP contribution in [0.2, 0.25) is 0 Å². The van der Waals surface area contributed by atoms with Gasteiger partial charge in [-0.1, -0.05) is 121 Å². The Hall–Kier alpha value is -7.05. The Kier molecular flexibility index (Phi) is 15.8. The van der Waals surface area contributed by atoms with E-state index in [1.807, 2.05) is 109 Å². The molecule has 5 aromatic carbocycles. The number of anilines is 1. The first-order valence-corrected chi connectivity index (χ1v) is 20.7. The van der Waals surface area contributed by atoms with Crippen molar-refractivity contribution in [2.24, 2.45) is 5.92 Å². The molecule has 12 nitrogen and oxygen atoms in total. The van der Waals surface area contributed by atoms with Crippen LogP contribution in [0.5, 0.6) is 0 Å². The van der Waals surface area contributed by atoms with Crippen LogP contribution >= 0.6 is 0 Å². The van der Waals surface area contributed by atoms with Crippen LogP contribution in [0.3, 0.4) is 0 Å². The number of fused-ring (bicyclic) bond motifs is 4. The van der Waals surface area contributed by atoms with Gasteiger partial charge in [0.25, 0.3) is 5.91 Å². The maximum Gasteiger partial charge on any atom is 0.407 e. The van der Waals surface area contributed by atoms with E-state index in [0.717, 1.165) is 38.6 Å². The molecule has 62 heavy (non-hydrogen) atoms. The van der Waals surface area contributed by atoms with Gasteiger partial charge < -0.3 is 35.8 Å². The molecule has 5 N–H and O–H groups in total. The van der Waals surface area contributed by atoms with Crippen molar-refractivity contribution in [2.75, 3.05) is 25.1 Å². The van der Waals surface area contributed by atoms with Gasteiger partial charge in [0.15, 0.2) is 0 Å². The molecule has 1 aliphatic rings. The second-order valence-electron chi connectivity index (χ2n) is 15.2. The van der Waals surface area contributed by atoms with Crippen LogP contribution in [0.1, 0.15) is 48.3 Å². The van der Waals surface area contributed by atoms with Crippen molar-refractivity contribution in [1.29, 1.82) is 0 Å². The quantitative estimate of drug-likeness (QED) is 0.0389. The average Bonchev–Trinajstić information content (AvgIpc) is 3.61. The molecular formula is C50H52N4O8. The standard InChI is InChI=1S/C50H52N4O8/c1-3-5-24-44(54-50(60)62-31-43-41-22-13-11-20-39(41)40-21-12-14-23-42(40)43)49(59)61-32-45(48(58)52-37-26-25-34-18-9-10-19-35(34)28-37)53-47(57)36(15-4-2)29-46(56)51-38(30-55)27-33-16-7-6-8-17-33/h3-4,6-14,16-23,25-26,28,36,38,43-45,55H,1-2,5,15,24,27,29-32H2,(H,51,56)(H,52,58)(H,53,57)(H,54,60)/t36-,38-,44+,45+/m1/s1. The predicted molar refractivity (Wildman–Crippen MR) is 239 cm³/mol. The number of rotatable bonds is 21. The number of aliphatic hydroxyl groups is 1. The molecule has 0 bridgehead atoms. The highest BCUT2D eigenvalue weighted by atomic mass is 16.6. The Bertz CT molecular complexity index is 2340. The fourth-order valence-corrected chi connectivity index (χ4v) is 7.61. The molecule has 0 heterocycles. The summed E-state index contributed by atoms with van der Waals surface area (Å²) in [5.74, 6) is -3.81. The van der Waals surface area contributed by atoms with E-state index >= 15 is 0 Å². The lowest BCUT2D eigenvalue weighted by atomic mass is 9.98. The normalized spacial score (nSPS) is 13.6. The van der Waals surface area contributed by atoms with E-state index in [-0.39, 0.29) is 38.4 Å². The number of nitrogens with one attached hydrogen (secondary N) is 4. The summed E-state index contributed by atoms with van der Waals surface area (Å²) in [6.07, 6.45) is 2.95. The van der Waals surface area contributed by atoms with Crippen LogP contribution in [-0.4, -0.2) is 72.8 Å². The van der Waals surface area contributed by atoms with Gasteiger partial charge in [0.05, 0.1) is 18.6 Å². The number of hydrogen-bond donors (Lipinski definition) is 5. The zero-order chi connectivity index (χ0) is 43.8. The van der Waals surface area contributed by atoms with E-state index in [4.69, 9.17) is 9.47 Å². The van der Waals surface area contributed by atoms with Gasteiger partial charge in [0.2, 0.25) is 11.8 Å². The number of allylic oxidation sites excluding steroid dienone is 2. The SMILES string of the molecule is C=CCC[C@H](NC(=O)OCC1c2ccccc2-c2ccccc21)C(=O)OC[C@H](NC(=O)[C@H](CC=C)CC(=O)N[C@@H](CO)Cc1ccccc1)C(=O)Nc1ccc2ccccc2c1. The number of esters is 1. The molecule has 0 aliphatic heterocycles. The number of aliphatic hydroxyl groups excluding tert-OH is 1. The minimum atomic E-state index is -1.41. The molecule has 4 atom stereocenters. The van der Waals surface area contributed by atoms with Crippen molar-refractivity contribution < 1.29 is 38.6 Å². The average molecular weight is 837 g/mol. The Balaban J connectivity index is 1.13. The summed E-state index contributed by atoms with van der Waals surface area (Å²) in [5.41, 5.74) is 5.58. The molecule has 1 aliphatic carbocycles. The van der Waals surface area contributed by atoms with Crippen molar-refractivity contribution in [1.82, 2.24) is 16.0 Å². The van der Waals surface area contributed by atoms with Gasteiger partial charge in [0.1, 0.15) is 25.3 Å². The van der Waals surface area contributed by atoms with Gasteiger partial charge in [-0.2, -0.15) is 0 Å². The van der Waals surface area contributed by atoms with E-state index in [2.05, 4.69) is 34.4 Å². The molecular weight excluding hydrogens is 785 g/mol. The number of benzene rings is 5. The summed E-state index contributed by atoms with van der Waals surface area (Å²) in [6, 6.07) is 35.0. The number of hydrogen-bond acceptors (Lipinski definition) is 8. The first-order valence-electron chi connectivity index (χ1n) is 20.7. The molecule has 5 aromatic rings. The third-order valence-corrected chi connectivity index (χ3v) is 10.8. The van der Waals surface area contributed by atoms with E-state index < -0.39 is 60.4 Å². The third kappa shape index (κ3) is 11.8. The Labute approximate surface area is 361 Å². The minimum absolute atomic E-state index is 0.0315. The highest BCUT2D eigenvalue weighted by molar-refractivity contribution is 6.00. The van der Waals surface area contributed by atoms with Crippen molar-refractivity contribution in [3.05, 3.63) is 163 Å². The van der Waals surface area contributed by atoms with E-state index in [9.17, 15) is 29.1 Å². The van der Waals surface area contributed by atoms with Gasteiger partial charge in [-0.3, -0.25) is 14.4 Å². The fourth-order valence-electron chi connectivity index (χ4n) is 7.61. The number of carbonyl (C=O) groups is 5. The number of alkyl carbamates (subject to hydrolysis) is 1. The maximum absolute atomic E-state index is 13.9. The highest BCUT2D eigenvalue weighted by Crippen LogP contribution is 2.44. The Morgan fingerprint density at radius 3 is 2.03 bits per heavy atom. The molecule has 6 rings (SSSR count). The van der Waals surface area contributed by atoms with E-state index in [1.54, 1.807) is 18.2 Å². The maximum atomic E-state index is 13.9. The largest absolute Gasteiger partial charge is 0.461 e. The Morgan fingerprint density at radius 2 is 1.35 bits per heavy atom. The molecule has 0 spiro atoms. The summed E-state index contributed by atoms with van der Waals surface area (Å²) in [4.78, 5) is 67.9. The number of ether oxygens (including phenoxy) is 2. The minimum Gasteiger partial charge on any atom is -0.461 e. The summed E-state index contributed by atoms with van der Waals surface area (Å²) >= 11 is 0. The smallest absolute Gasteiger partial charge is 0.407 e. The topological polar surface area (TPSA) is 172 Å². The van der Waals surface area contributed by atoms with Crippen molar-refractivity contribution >= 4 is 46.2 Å². The molecule has 0 aromatic heterocycles. The molecule has 12 heteroatoms. The molecule has 0 fully saturated rings. The first-order chi connectivity index (χ1) is 30.2. The van der Waals surface area contributed by atoms with Crippen LogP contribution in [0.4, 0.5) is 10.5 Å². The van der Waals surface area contributed by atoms with Gasteiger partial charge in [0, 0.05) is 18.0 Å². The summed E-state index contributed by atoms with van der Waals surface area (Å²) in [5, 5.41) is 22.7. The van der Waals surface area contributed by atoms with Crippen LogP contribution in [-0.2, 0) is 35.1 Å². The lowest BCUT2D eigenvalue weighted by Crippen LogP contribution is -2.51. The molecule has 0 radical (unpaired) electrons. The Morgan fingerprint density at radius 1 is 0.694 bits per heavy atom. The van der Waals surface area contributed by atoms with Gasteiger partial charge in [-0.25, -0.2) is 9.59 Å². The monoisotopic (exact) mass is 836 g/mol. The van der Waals surface area contributed by atoms with E-state index in [1.165, 1.54) is 6.08 Å². The second kappa shape index (κ2) is 22.0. The molecule has 0 saturated heterocycles. The molecule has 0 saturated carbocycles. The molecule has 4 amide bonds. The van der Waals surface area contributed by atoms with Crippen molar-refractivity contribution in [3.8, 4) is 11.1 Å².